The van der Waals surface area contributed by atoms with Crippen molar-refractivity contribution in [2.45, 2.75) is 31.2 Å². The van der Waals surface area contributed by atoms with E-state index in [-0.39, 0.29) is 4.90 Å². The summed E-state index contributed by atoms with van der Waals surface area (Å²) in [5.74, 6) is 0. The van der Waals surface area contributed by atoms with E-state index in [9.17, 15) is 8.42 Å². The Morgan fingerprint density at radius 1 is 1.53 bits per heavy atom. The largest absolute Gasteiger partial charge is 0.242 e. The zero-order chi connectivity index (χ0) is 13.1. The van der Waals surface area contributed by atoms with E-state index in [2.05, 4.69) is 20.7 Å². The number of benzene rings is 1. The first-order valence-corrected chi connectivity index (χ1v) is 7.36. The highest BCUT2D eigenvalue weighted by molar-refractivity contribution is 9.10. The molecule has 0 fully saturated rings. The van der Waals surface area contributed by atoms with E-state index in [1.807, 2.05) is 13.0 Å². The minimum Gasteiger partial charge on any atom is -0.207 e. The molecule has 0 aliphatic heterocycles. The zero-order valence-electron chi connectivity index (χ0n) is 9.57. The van der Waals surface area contributed by atoms with E-state index < -0.39 is 16.1 Å². The van der Waals surface area contributed by atoms with Gasteiger partial charge in [-0.3, -0.25) is 0 Å². The van der Waals surface area contributed by atoms with Gasteiger partial charge in [-0.15, -0.1) is 0 Å². The SMILES string of the molecule is CCC(C#N)NS(=O)(=O)c1ccc(C)cc1Br. The Bertz CT molecular complexity index is 549. The van der Waals surface area contributed by atoms with Gasteiger partial charge < -0.3 is 0 Å². The van der Waals surface area contributed by atoms with Gasteiger partial charge in [-0.05, 0) is 47.0 Å². The van der Waals surface area contributed by atoms with E-state index >= 15 is 0 Å². The van der Waals surface area contributed by atoms with Gasteiger partial charge in [-0.2, -0.15) is 9.98 Å². The number of sulfonamides is 1. The number of hydrogen-bond acceptors (Lipinski definition) is 3. The van der Waals surface area contributed by atoms with E-state index in [4.69, 9.17) is 5.26 Å². The molecule has 0 aliphatic carbocycles. The summed E-state index contributed by atoms with van der Waals surface area (Å²) in [6.45, 7) is 3.62. The van der Waals surface area contributed by atoms with Gasteiger partial charge in [0.2, 0.25) is 10.0 Å². The van der Waals surface area contributed by atoms with Crippen molar-refractivity contribution in [1.29, 1.82) is 5.26 Å². The summed E-state index contributed by atoms with van der Waals surface area (Å²) in [7, 11) is -3.65. The minimum atomic E-state index is -3.65. The van der Waals surface area contributed by atoms with Crippen LogP contribution >= 0.6 is 15.9 Å². The van der Waals surface area contributed by atoms with Gasteiger partial charge in [0, 0.05) is 4.47 Å². The normalized spacial score (nSPS) is 13.1. The molecule has 0 saturated carbocycles. The molecule has 0 spiro atoms. The molecule has 0 aliphatic rings. The molecular formula is C11H13BrN2O2S. The van der Waals surface area contributed by atoms with E-state index in [0.717, 1.165) is 5.56 Å². The number of halogens is 1. The first kappa shape index (κ1) is 14.2. The highest BCUT2D eigenvalue weighted by Gasteiger charge is 2.21. The summed E-state index contributed by atoms with van der Waals surface area (Å²) < 4.78 is 26.8. The summed E-state index contributed by atoms with van der Waals surface area (Å²) in [4.78, 5) is 0.150. The van der Waals surface area contributed by atoms with Crippen LogP contribution in [-0.4, -0.2) is 14.5 Å². The van der Waals surface area contributed by atoms with Crippen molar-refractivity contribution >= 4 is 26.0 Å². The van der Waals surface area contributed by atoms with Crippen LogP contribution < -0.4 is 4.72 Å². The van der Waals surface area contributed by atoms with Gasteiger partial charge in [0.05, 0.1) is 11.0 Å². The molecule has 0 aromatic heterocycles. The minimum absolute atomic E-state index is 0.150. The summed E-state index contributed by atoms with van der Waals surface area (Å²) in [6.07, 6.45) is 0.430. The van der Waals surface area contributed by atoms with Crippen LogP contribution in [0.4, 0.5) is 0 Å². The smallest absolute Gasteiger partial charge is 0.207 e. The molecule has 92 valence electrons. The van der Waals surface area contributed by atoms with Crippen molar-refractivity contribution in [1.82, 2.24) is 4.72 Å². The Morgan fingerprint density at radius 2 is 2.18 bits per heavy atom. The molecule has 0 heterocycles. The first-order chi connectivity index (χ1) is 7.90. The Morgan fingerprint density at radius 3 is 2.65 bits per heavy atom. The number of nitrogens with zero attached hydrogens (tertiary/aromatic N) is 1. The summed E-state index contributed by atoms with van der Waals surface area (Å²) in [6, 6.07) is 6.16. The fourth-order valence-corrected chi connectivity index (χ4v) is 3.69. The molecule has 0 amide bonds. The Balaban J connectivity index is 3.10. The van der Waals surface area contributed by atoms with Crippen LogP contribution in [0.2, 0.25) is 0 Å². The zero-order valence-corrected chi connectivity index (χ0v) is 12.0. The maximum atomic E-state index is 12.0. The maximum Gasteiger partial charge on any atom is 0.242 e. The molecule has 4 nitrogen and oxygen atoms in total. The third-order valence-electron chi connectivity index (χ3n) is 2.24. The average Bonchev–Trinajstić information content (AvgIpc) is 2.25. The predicted octanol–water partition coefficient (Wildman–Crippen LogP) is 2.34. The van der Waals surface area contributed by atoms with Crippen LogP contribution in [-0.2, 0) is 10.0 Å². The van der Waals surface area contributed by atoms with Crippen LogP contribution in [0.15, 0.2) is 27.6 Å². The van der Waals surface area contributed by atoms with Gasteiger partial charge >= 0.3 is 0 Å². The lowest BCUT2D eigenvalue weighted by molar-refractivity contribution is 0.569. The highest BCUT2D eigenvalue weighted by atomic mass is 79.9. The molecule has 0 saturated heterocycles. The third-order valence-corrected chi connectivity index (χ3v) is 4.69. The predicted molar refractivity (Wildman–Crippen MR) is 68.9 cm³/mol. The van der Waals surface area contributed by atoms with E-state index in [1.165, 1.54) is 6.07 Å². The lowest BCUT2D eigenvalue weighted by atomic mass is 10.2. The van der Waals surface area contributed by atoms with E-state index in [1.54, 1.807) is 19.1 Å². The first-order valence-electron chi connectivity index (χ1n) is 5.08. The van der Waals surface area contributed by atoms with Crippen molar-refractivity contribution in [3.8, 4) is 6.07 Å². The van der Waals surface area contributed by atoms with Crippen LogP contribution in [0, 0.1) is 18.3 Å². The maximum absolute atomic E-state index is 12.0. The van der Waals surface area contributed by atoms with Gasteiger partial charge in [-0.25, -0.2) is 8.42 Å². The molecule has 0 bridgehead atoms. The number of aryl methyl sites for hydroxylation is 1. The highest BCUT2D eigenvalue weighted by Crippen LogP contribution is 2.23. The Kier molecular flexibility index (Phi) is 4.69. The fourth-order valence-electron chi connectivity index (χ4n) is 1.28. The molecular weight excluding hydrogens is 304 g/mol. The lowest BCUT2D eigenvalue weighted by Gasteiger charge is -2.11. The fraction of sp³-hybridized carbons (Fsp3) is 0.364. The third kappa shape index (κ3) is 3.53. The van der Waals surface area contributed by atoms with Gasteiger partial charge in [0.15, 0.2) is 0 Å². The standard InChI is InChI=1S/C11H13BrN2O2S/c1-3-9(7-13)14-17(15,16)11-5-4-8(2)6-10(11)12/h4-6,9,14H,3H2,1-2H3. The van der Waals surface area contributed by atoms with Crippen molar-refractivity contribution in [2.75, 3.05) is 0 Å². The molecule has 1 rings (SSSR count). The van der Waals surface area contributed by atoms with Crippen molar-refractivity contribution < 1.29 is 8.42 Å². The number of rotatable bonds is 4. The molecule has 1 aromatic carbocycles. The second kappa shape index (κ2) is 5.63. The summed E-state index contributed by atoms with van der Waals surface area (Å²) in [5.41, 5.74) is 0.961. The van der Waals surface area contributed by atoms with Crippen LogP contribution in [0.5, 0.6) is 0 Å². The van der Waals surface area contributed by atoms with Gasteiger partial charge in [-0.1, -0.05) is 13.0 Å². The van der Waals surface area contributed by atoms with Crippen molar-refractivity contribution in [3.63, 3.8) is 0 Å². The van der Waals surface area contributed by atoms with Crippen LogP contribution in [0.3, 0.4) is 0 Å². The van der Waals surface area contributed by atoms with Crippen LogP contribution in [0.25, 0.3) is 0 Å². The molecule has 1 N–H and O–H groups in total. The molecule has 1 aromatic rings. The molecule has 1 atom stereocenters. The van der Waals surface area contributed by atoms with Gasteiger partial charge in [0.25, 0.3) is 0 Å². The number of hydrogen-bond donors (Lipinski definition) is 1. The summed E-state index contributed by atoms with van der Waals surface area (Å²) in [5, 5.41) is 8.76. The van der Waals surface area contributed by atoms with Crippen molar-refractivity contribution in [2.24, 2.45) is 0 Å². The topological polar surface area (TPSA) is 70.0 Å². The molecule has 0 radical (unpaired) electrons. The summed E-state index contributed by atoms with van der Waals surface area (Å²) >= 11 is 3.21. The molecule has 17 heavy (non-hydrogen) atoms. The quantitative estimate of drug-likeness (QED) is 0.926. The Labute approximate surface area is 110 Å². The average molecular weight is 317 g/mol. The van der Waals surface area contributed by atoms with Crippen LogP contribution in [0.1, 0.15) is 18.9 Å². The second-order valence-electron chi connectivity index (χ2n) is 3.65. The lowest BCUT2D eigenvalue weighted by Crippen LogP contribution is -2.33. The Hall–Kier alpha value is -0.900. The van der Waals surface area contributed by atoms with Crippen molar-refractivity contribution in [3.05, 3.63) is 28.2 Å². The molecule has 1 unspecified atom stereocenters. The second-order valence-corrected chi connectivity index (χ2v) is 6.18. The van der Waals surface area contributed by atoms with Gasteiger partial charge in [0.1, 0.15) is 6.04 Å². The monoisotopic (exact) mass is 316 g/mol. The number of nitriles is 1. The van der Waals surface area contributed by atoms with E-state index in [0.29, 0.717) is 10.9 Å². The molecule has 6 heteroatoms. The number of nitrogens with one attached hydrogen (secondary N) is 1.